The normalized spacial score (nSPS) is 23.1. The van der Waals surface area contributed by atoms with Crippen LogP contribution in [0.25, 0.3) is 0 Å². The predicted octanol–water partition coefficient (Wildman–Crippen LogP) is 2.18. The van der Waals surface area contributed by atoms with Crippen LogP contribution in [0.15, 0.2) is 6.20 Å². The first kappa shape index (κ1) is 13.6. The highest BCUT2D eigenvalue weighted by Gasteiger charge is 2.31. The standard InChI is InChI=1S/C14H24N2O2/c1-14(2,3)13-11(8-16(4)15-13)12(17)10-6-5-7-18-9-10/h8,10,12,17H,5-7,9H2,1-4H3. The maximum absolute atomic E-state index is 10.6. The zero-order chi connectivity index (χ0) is 13.3. The molecule has 1 N–H and O–H groups in total. The van der Waals surface area contributed by atoms with Gasteiger partial charge in [-0.25, -0.2) is 0 Å². The van der Waals surface area contributed by atoms with E-state index in [-0.39, 0.29) is 11.3 Å². The minimum Gasteiger partial charge on any atom is -0.388 e. The summed E-state index contributed by atoms with van der Waals surface area (Å²) in [5.74, 6) is 0.198. The first-order valence-electron chi connectivity index (χ1n) is 6.69. The van der Waals surface area contributed by atoms with Gasteiger partial charge in [-0.15, -0.1) is 0 Å². The van der Waals surface area contributed by atoms with E-state index in [1.165, 1.54) is 0 Å². The van der Waals surface area contributed by atoms with Gasteiger partial charge in [0.2, 0.25) is 0 Å². The second kappa shape index (κ2) is 5.02. The van der Waals surface area contributed by atoms with Gasteiger partial charge >= 0.3 is 0 Å². The minimum atomic E-state index is -0.465. The smallest absolute Gasteiger partial charge is 0.0873 e. The first-order chi connectivity index (χ1) is 8.39. The lowest BCUT2D eigenvalue weighted by atomic mass is 9.84. The van der Waals surface area contributed by atoms with Gasteiger partial charge in [-0.1, -0.05) is 20.8 Å². The van der Waals surface area contributed by atoms with Crippen molar-refractivity contribution in [2.75, 3.05) is 13.2 Å². The zero-order valence-electron chi connectivity index (χ0n) is 11.8. The highest BCUT2D eigenvalue weighted by atomic mass is 16.5. The Bertz CT molecular complexity index is 400. The van der Waals surface area contributed by atoms with E-state index in [0.717, 1.165) is 30.7 Å². The molecule has 2 unspecified atom stereocenters. The third kappa shape index (κ3) is 2.75. The molecule has 1 saturated heterocycles. The van der Waals surface area contributed by atoms with Gasteiger partial charge in [0.1, 0.15) is 0 Å². The van der Waals surface area contributed by atoms with Crippen molar-refractivity contribution in [3.8, 4) is 0 Å². The molecule has 1 fully saturated rings. The fourth-order valence-corrected chi connectivity index (χ4v) is 2.57. The second-order valence-electron chi connectivity index (χ2n) is 6.28. The SMILES string of the molecule is Cn1cc(C(O)C2CCCOC2)c(C(C)(C)C)n1. The Morgan fingerprint density at radius 3 is 2.78 bits per heavy atom. The lowest BCUT2D eigenvalue weighted by molar-refractivity contribution is -0.0106. The molecule has 0 saturated carbocycles. The van der Waals surface area contributed by atoms with Crippen molar-refractivity contribution in [1.82, 2.24) is 9.78 Å². The molecule has 2 rings (SSSR count). The van der Waals surface area contributed by atoms with Gasteiger partial charge in [0.25, 0.3) is 0 Å². The van der Waals surface area contributed by atoms with Gasteiger partial charge in [0, 0.05) is 36.7 Å². The minimum absolute atomic E-state index is 0.0485. The maximum atomic E-state index is 10.6. The van der Waals surface area contributed by atoms with Crippen LogP contribution in [0.5, 0.6) is 0 Å². The summed E-state index contributed by atoms with van der Waals surface area (Å²) in [6.07, 6.45) is 3.54. The highest BCUT2D eigenvalue weighted by Crippen LogP contribution is 2.34. The summed E-state index contributed by atoms with van der Waals surface area (Å²) in [5.41, 5.74) is 1.90. The van der Waals surface area contributed by atoms with E-state index < -0.39 is 6.10 Å². The van der Waals surface area contributed by atoms with E-state index in [1.807, 2.05) is 13.2 Å². The number of aryl methyl sites for hydroxylation is 1. The van der Waals surface area contributed by atoms with Gasteiger partial charge in [-0.3, -0.25) is 4.68 Å². The van der Waals surface area contributed by atoms with Crippen LogP contribution in [-0.2, 0) is 17.2 Å². The van der Waals surface area contributed by atoms with Gasteiger partial charge < -0.3 is 9.84 Å². The summed E-state index contributed by atoms with van der Waals surface area (Å²) in [7, 11) is 1.91. The molecule has 4 nitrogen and oxygen atoms in total. The molecule has 18 heavy (non-hydrogen) atoms. The predicted molar refractivity (Wildman–Crippen MR) is 70.4 cm³/mol. The van der Waals surface area contributed by atoms with E-state index in [9.17, 15) is 5.11 Å². The number of ether oxygens (including phenoxy) is 1. The molecule has 2 heterocycles. The average Bonchev–Trinajstić information content (AvgIpc) is 2.71. The van der Waals surface area contributed by atoms with Crippen molar-refractivity contribution in [2.45, 2.75) is 45.1 Å². The van der Waals surface area contributed by atoms with E-state index >= 15 is 0 Å². The molecular weight excluding hydrogens is 228 g/mol. The molecule has 4 heteroatoms. The van der Waals surface area contributed by atoms with Crippen molar-refractivity contribution in [3.05, 3.63) is 17.5 Å². The Kier molecular flexibility index (Phi) is 3.78. The number of hydrogen-bond acceptors (Lipinski definition) is 3. The molecule has 102 valence electrons. The number of aromatic nitrogens is 2. The zero-order valence-corrected chi connectivity index (χ0v) is 11.8. The molecule has 1 aliphatic heterocycles. The summed E-state index contributed by atoms with van der Waals surface area (Å²) < 4.78 is 7.26. The van der Waals surface area contributed by atoms with Crippen molar-refractivity contribution in [1.29, 1.82) is 0 Å². The molecule has 1 aliphatic rings. The van der Waals surface area contributed by atoms with E-state index in [0.29, 0.717) is 6.61 Å². The highest BCUT2D eigenvalue weighted by molar-refractivity contribution is 5.26. The summed E-state index contributed by atoms with van der Waals surface area (Å²) in [6, 6.07) is 0. The third-order valence-electron chi connectivity index (χ3n) is 3.53. The topological polar surface area (TPSA) is 47.3 Å². The summed E-state index contributed by atoms with van der Waals surface area (Å²) in [4.78, 5) is 0. The average molecular weight is 252 g/mol. The molecule has 1 aromatic rings. The Hall–Kier alpha value is -0.870. The van der Waals surface area contributed by atoms with Crippen LogP contribution in [0.2, 0.25) is 0 Å². The molecule has 1 aromatic heterocycles. The van der Waals surface area contributed by atoms with Crippen molar-refractivity contribution < 1.29 is 9.84 Å². The molecule has 0 aromatic carbocycles. The molecule has 0 radical (unpaired) electrons. The third-order valence-corrected chi connectivity index (χ3v) is 3.53. The van der Waals surface area contributed by atoms with Crippen LogP contribution in [0.1, 0.15) is 51.0 Å². The van der Waals surface area contributed by atoms with Crippen LogP contribution >= 0.6 is 0 Å². The lowest BCUT2D eigenvalue weighted by Crippen LogP contribution is -2.25. The van der Waals surface area contributed by atoms with Crippen LogP contribution in [0, 0.1) is 5.92 Å². The number of hydrogen-bond donors (Lipinski definition) is 1. The van der Waals surface area contributed by atoms with Crippen LogP contribution < -0.4 is 0 Å². The quantitative estimate of drug-likeness (QED) is 0.877. The largest absolute Gasteiger partial charge is 0.388 e. The Morgan fingerprint density at radius 2 is 2.22 bits per heavy atom. The molecule has 0 bridgehead atoms. The Morgan fingerprint density at radius 1 is 1.50 bits per heavy atom. The van der Waals surface area contributed by atoms with E-state index in [2.05, 4.69) is 25.9 Å². The number of rotatable bonds is 2. The number of aliphatic hydroxyl groups excluding tert-OH is 1. The Labute approximate surface area is 109 Å². The van der Waals surface area contributed by atoms with Crippen LogP contribution in [0.3, 0.4) is 0 Å². The fourth-order valence-electron chi connectivity index (χ4n) is 2.57. The van der Waals surface area contributed by atoms with Crippen LogP contribution in [0.4, 0.5) is 0 Å². The summed E-state index contributed by atoms with van der Waals surface area (Å²) >= 11 is 0. The van der Waals surface area contributed by atoms with Gasteiger partial charge in [-0.05, 0) is 12.8 Å². The van der Waals surface area contributed by atoms with Crippen LogP contribution in [-0.4, -0.2) is 28.1 Å². The van der Waals surface area contributed by atoms with Crippen molar-refractivity contribution >= 4 is 0 Å². The monoisotopic (exact) mass is 252 g/mol. The number of nitrogens with zero attached hydrogens (tertiary/aromatic N) is 2. The van der Waals surface area contributed by atoms with Crippen molar-refractivity contribution in [3.63, 3.8) is 0 Å². The second-order valence-corrected chi connectivity index (χ2v) is 6.28. The first-order valence-corrected chi connectivity index (χ1v) is 6.69. The van der Waals surface area contributed by atoms with E-state index in [1.54, 1.807) is 4.68 Å². The molecule has 0 spiro atoms. The van der Waals surface area contributed by atoms with E-state index in [4.69, 9.17) is 4.74 Å². The lowest BCUT2D eigenvalue weighted by Gasteiger charge is -2.28. The summed E-state index contributed by atoms with van der Waals surface area (Å²) in [6.45, 7) is 7.86. The Balaban J connectivity index is 2.26. The fraction of sp³-hybridized carbons (Fsp3) is 0.786. The van der Waals surface area contributed by atoms with Gasteiger partial charge in [0.15, 0.2) is 0 Å². The molecule has 2 atom stereocenters. The molecular formula is C14H24N2O2. The van der Waals surface area contributed by atoms with Gasteiger partial charge in [0.05, 0.1) is 18.4 Å². The van der Waals surface area contributed by atoms with Crippen molar-refractivity contribution in [2.24, 2.45) is 13.0 Å². The maximum Gasteiger partial charge on any atom is 0.0873 e. The summed E-state index contributed by atoms with van der Waals surface area (Å²) in [5, 5.41) is 15.1. The number of aliphatic hydroxyl groups is 1. The molecule has 0 aliphatic carbocycles. The molecule has 0 amide bonds. The van der Waals surface area contributed by atoms with Gasteiger partial charge in [-0.2, -0.15) is 5.10 Å².